The van der Waals surface area contributed by atoms with Crippen LogP contribution in [0.1, 0.15) is 61.5 Å². The molecule has 0 radical (unpaired) electrons. The molecule has 1 atom stereocenters. The molecule has 0 spiro atoms. The first-order valence-electron chi connectivity index (χ1n) is 11.9. The normalized spacial score (nSPS) is 21.2. The molecular formula is C26H29FN4O2S. The minimum absolute atomic E-state index is 0.121. The molecule has 1 aromatic carbocycles. The van der Waals surface area contributed by atoms with Crippen molar-refractivity contribution in [2.24, 2.45) is 0 Å². The van der Waals surface area contributed by atoms with Gasteiger partial charge in [0.1, 0.15) is 22.7 Å². The predicted octanol–water partition coefficient (Wildman–Crippen LogP) is 5.00. The van der Waals surface area contributed by atoms with Gasteiger partial charge < -0.3 is 10.2 Å². The average Bonchev–Trinajstić information content (AvgIpc) is 3.43. The molecule has 0 saturated heterocycles. The molecule has 1 aliphatic heterocycles. The van der Waals surface area contributed by atoms with E-state index in [4.69, 9.17) is 0 Å². The number of hydrogen-bond acceptors (Lipinski definition) is 4. The molecular weight excluding hydrogens is 451 g/mol. The van der Waals surface area contributed by atoms with Crippen LogP contribution in [-0.2, 0) is 17.9 Å². The van der Waals surface area contributed by atoms with Crippen molar-refractivity contribution in [3.63, 3.8) is 0 Å². The Kier molecular flexibility index (Phi) is 6.25. The lowest BCUT2D eigenvalue weighted by Gasteiger charge is -2.44. The summed E-state index contributed by atoms with van der Waals surface area (Å²) in [7, 11) is 0. The van der Waals surface area contributed by atoms with Crippen molar-refractivity contribution in [3.05, 3.63) is 64.9 Å². The number of rotatable bonds is 5. The van der Waals surface area contributed by atoms with Crippen molar-refractivity contribution in [1.82, 2.24) is 20.0 Å². The highest BCUT2D eigenvalue weighted by Crippen LogP contribution is 2.33. The first-order valence-corrected chi connectivity index (χ1v) is 12.8. The van der Waals surface area contributed by atoms with E-state index >= 15 is 0 Å². The van der Waals surface area contributed by atoms with Crippen LogP contribution >= 0.6 is 11.3 Å². The Morgan fingerprint density at radius 1 is 1.18 bits per heavy atom. The van der Waals surface area contributed by atoms with E-state index in [2.05, 4.69) is 10.4 Å². The molecule has 0 unspecified atom stereocenters. The number of carbonyl (C=O) groups excluding carboxylic acids is 2. The second-order valence-electron chi connectivity index (χ2n) is 9.50. The molecule has 8 heteroatoms. The highest BCUT2D eigenvalue weighted by Gasteiger charge is 2.48. The number of amides is 2. The van der Waals surface area contributed by atoms with Gasteiger partial charge in [0, 0.05) is 12.6 Å². The van der Waals surface area contributed by atoms with E-state index in [9.17, 15) is 14.0 Å². The number of aromatic nitrogens is 2. The number of nitrogens with zero attached hydrogens (tertiary/aromatic N) is 3. The molecule has 2 amide bonds. The molecule has 6 nitrogen and oxygen atoms in total. The smallest absolute Gasteiger partial charge is 0.273 e. The number of fused-ring (bicyclic) bond motifs is 1. The van der Waals surface area contributed by atoms with Gasteiger partial charge >= 0.3 is 0 Å². The number of benzene rings is 1. The van der Waals surface area contributed by atoms with E-state index < -0.39 is 5.54 Å². The zero-order chi connectivity index (χ0) is 23.7. The predicted molar refractivity (Wildman–Crippen MR) is 130 cm³/mol. The first kappa shape index (κ1) is 22.8. The minimum Gasteiger partial charge on any atom is -0.351 e. The van der Waals surface area contributed by atoms with Gasteiger partial charge in [0.15, 0.2) is 0 Å². The summed E-state index contributed by atoms with van der Waals surface area (Å²) in [6.07, 6.45) is 6.52. The summed E-state index contributed by atoms with van der Waals surface area (Å²) in [6.45, 7) is 2.29. The van der Waals surface area contributed by atoms with Crippen LogP contribution in [0.5, 0.6) is 0 Å². The molecule has 1 saturated carbocycles. The van der Waals surface area contributed by atoms with Crippen molar-refractivity contribution < 1.29 is 14.0 Å². The molecule has 1 aliphatic carbocycles. The Balaban J connectivity index is 1.49. The Labute approximate surface area is 202 Å². The number of carbonyl (C=O) groups is 2. The van der Waals surface area contributed by atoms with E-state index in [0.29, 0.717) is 5.69 Å². The third-order valence-corrected chi connectivity index (χ3v) is 7.90. The Morgan fingerprint density at radius 2 is 1.91 bits per heavy atom. The topological polar surface area (TPSA) is 67.2 Å². The van der Waals surface area contributed by atoms with Crippen LogP contribution in [0.25, 0.3) is 10.6 Å². The van der Waals surface area contributed by atoms with Gasteiger partial charge in [-0.05, 0) is 55.0 Å². The summed E-state index contributed by atoms with van der Waals surface area (Å²) >= 11 is 1.56. The lowest BCUT2D eigenvalue weighted by molar-refractivity contribution is -0.134. The summed E-state index contributed by atoms with van der Waals surface area (Å²) < 4.78 is 15.2. The van der Waals surface area contributed by atoms with Gasteiger partial charge in [0.2, 0.25) is 5.91 Å². The molecule has 3 heterocycles. The van der Waals surface area contributed by atoms with E-state index in [-0.39, 0.29) is 36.8 Å². The van der Waals surface area contributed by atoms with Crippen LogP contribution < -0.4 is 5.32 Å². The van der Waals surface area contributed by atoms with Gasteiger partial charge in [-0.25, -0.2) is 4.39 Å². The molecule has 0 bridgehead atoms. The number of halogens is 1. The number of nitrogens with one attached hydrogen (secondary N) is 1. The zero-order valence-corrected chi connectivity index (χ0v) is 20.1. The lowest BCUT2D eigenvalue weighted by Crippen LogP contribution is -2.64. The first-order chi connectivity index (χ1) is 16.4. The maximum Gasteiger partial charge on any atom is 0.273 e. The maximum absolute atomic E-state index is 13.8. The molecule has 2 aliphatic rings. The molecule has 1 fully saturated rings. The second kappa shape index (κ2) is 9.33. The van der Waals surface area contributed by atoms with Crippen LogP contribution in [0.3, 0.4) is 0 Å². The van der Waals surface area contributed by atoms with Crippen LogP contribution in [0.15, 0.2) is 47.8 Å². The van der Waals surface area contributed by atoms with E-state index in [1.54, 1.807) is 39.1 Å². The lowest BCUT2D eigenvalue weighted by atomic mass is 9.93. The Hall–Kier alpha value is -3.00. The van der Waals surface area contributed by atoms with Gasteiger partial charge in [-0.15, -0.1) is 11.3 Å². The fraction of sp³-hybridized carbons (Fsp3) is 0.423. The fourth-order valence-electron chi connectivity index (χ4n) is 4.97. The highest BCUT2D eigenvalue weighted by atomic mass is 32.1. The summed E-state index contributed by atoms with van der Waals surface area (Å²) in [5.74, 6) is -0.737. The monoisotopic (exact) mass is 480 g/mol. The SMILES string of the molecule is C[C@]1(C(=O)NC2CCCCCC2)Cn2nc(-c3cccs3)cc2C(=O)N1Cc1ccc(F)cc1. The number of hydrogen-bond donors (Lipinski definition) is 1. The van der Waals surface area contributed by atoms with E-state index in [1.165, 1.54) is 25.0 Å². The van der Waals surface area contributed by atoms with Crippen molar-refractivity contribution in [2.45, 2.75) is 70.1 Å². The van der Waals surface area contributed by atoms with Gasteiger partial charge in [-0.3, -0.25) is 14.3 Å². The summed E-state index contributed by atoms with van der Waals surface area (Å²) in [5.41, 5.74) is 0.845. The summed E-state index contributed by atoms with van der Waals surface area (Å²) in [6, 6.07) is 11.9. The van der Waals surface area contributed by atoms with Crippen molar-refractivity contribution in [2.75, 3.05) is 0 Å². The van der Waals surface area contributed by atoms with Crippen molar-refractivity contribution in [1.29, 1.82) is 0 Å². The average molecular weight is 481 g/mol. The maximum atomic E-state index is 13.8. The van der Waals surface area contributed by atoms with Crippen LogP contribution in [0.2, 0.25) is 0 Å². The quantitative estimate of drug-likeness (QED) is 0.523. The molecule has 2 aromatic heterocycles. The molecule has 178 valence electrons. The molecule has 34 heavy (non-hydrogen) atoms. The second-order valence-corrected chi connectivity index (χ2v) is 10.5. The Morgan fingerprint density at radius 3 is 2.59 bits per heavy atom. The summed E-state index contributed by atoms with van der Waals surface area (Å²) in [5, 5.41) is 9.91. The standard InChI is InChI=1S/C26H29FN4O2S/c1-26(25(33)28-20-7-4-2-3-5-8-20)17-31-22(15-21(29-31)23-9-6-14-34-23)24(32)30(26)16-18-10-12-19(27)13-11-18/h6,9-15,20H,2-5,7-8,16-17H2,1H3,(H,28,33)/t26-/m1/s1. The number of thiophene rings is 1. The van der Waals surface area contributed by atoms with Crippen LogP contribution in [0, 0.1) is 5.82 Å². The third kappa shape index (κ3) is 4.39. The van der Waals surface area contributed by atoms with E-state index in [1.807, 2.05) is 24.4 Å². The van der Waals surface area contributed by atoms with Crippen molar-refractivity contribution >= 4 is 23.2 Å². The minimum atomic E-state index is -1.12. The third-order valence-electron chi connectivity index (χ3n) is 7.00. The largest absolute Gasteiger partial charge is 0.351 e. The Bertz CT molecular complexity index is 1170. The fourth-order valence-corrected chi connectivity index (χ4v) is 5.65. The molecule has 1 N–H and O–H groups in total. The van der Waals surface area contributed by atoms with Crippen LogP contribution in [0.4, 0.5) is 4.39 Å². The van der Waals surface area contributed by atoms with E-state index in [0.717, 1.165) is 41.8 Å². The van der Waals surface area contributed by atoms with Crippen LogP contribution in [-0.4, -0.2) is 38.1 Å². The zero-order valence-electron chi connectivity index (χ0n) is 19.3. The van der Waals surface area contributed by atoms with Gasteiger partial charge in [0.05, 0.1) is 11.4 Å². The molecule has 5 rings (SSSR count). The van der Waals surface area contributed by atoms with Gasteiger partial charge in [-0.2, -0.15) is 5.10 Å². The van der Waals surface area contributed by atoms with Gasteiger partial charge in [0.25, 0.3) is 5.91 Å². The summed E-state index contributed by atoms with van der Waals surface area (Å²) in [4.78, 5) is 30.1. The molecule has 3 aromatic rings. The van der Waals surface area contributed by atoms with Gasteiger partial charge in [-0.1, -0.05) is 43.9 Å². The van der Waals surface area contributed by atoms with Crippen molar-refractivity contribution in [3.8, 4) is 10.6 Å². The highest BCUT2D eigenvalue weighted by molar-refractivity contribution is 7.13.